The van der Waals surface area contributed by atoms with E-state index in [1.54, 1.807) is 24.3 Å². The number of benzene rings is 2. The van der Waals surface area contributed by atoms with E-state index in [4.69, 9.17) is 0 Å². The van der Waals surface area contributed by atoms with E-state index in [2.05, 4.69) is 34.5 Å². The summed E-state index contributed by atoms with van der Waals surface area (Å²) in [5.41, 5.74) is 2.66. The van der Waals surface area contributed by atoms with Gasteiger partial charge in [0.1, 0.15) is 0 Å². The first-order chi connectivity index (χ1) is 12.6. The molecule has 1 N–H and O–H groups in total. The van der Waals surface area contributed by atoms with Crippen molar-refractivity contribution in [3.8, 4) is 0 Å². The molecule has 2 aromatic rings. The molecule has 6 heteroatoms. The number of hydrogen-bond acceptors (Lipinski definition) is 4. The maximum absolute atomic E-state index is 12.5. The molecule has 1 aliphatic rings. The van der Waals surface area contributed by atoms with E-state index < -0.39 is 0 Å². The van der Waals surface area contributed by atoms with Crippen molar-refractivity contribution in [2.45, 2.75) is 25.8 Å². The van der Waals surface area contributed by atoms with Crippen molar-refractivity contribution in [1.82, 2.24) is 10.2 Å². The van der Waals surface area contributed by atoms with Crippen LogP contribution in [0.15, 0.2) is 54.6 Å². The lowest BCUT2D eigenvalue weighted by molar-refractivity contribution is 0.0934. The van der Waals surface area contributed by atoms with Crippen LogP contribution in [0.1, 0.15) is 39.6 Å². The van der Waals surface area contributed by atoms with Gasteiger partial charge in [-0.1, -0.05) is 54.6 Å². The summed E-state index contributed by atoms with van der Waals surface area (Å²) in [6.45, 7) is 5.19. The monoisotopic (exact) mass is 422 g/mol. The first-order valence-corrected chi connectivity index (χ1v) is 9.26. The van der Waals surface area contributed by atoms with Gasteiger partial charge < -0.3 is 5.32 Å². The van der Waals surface area contributed by atoms with Gasteiger partial charge in [-0.2, -0.15) is 0 Å². The summed E-state index contributed by atoms with van der Waals surface area (Å²) in [7, 11) is 0. The maximum atomic E-state index is 12.5. The Bertz CT molecular complexity index is 751. The number of Topliss-reactive ketones (excluding diaryl/α,β-unsaturated/α-hetero) is 2. The third-order valence-corrected chi connectivity index (χ3v) is 5.03. The molecule has 1 saturated heterocycles. The Morgan fingerprint density at radius 3 is 2.29 bits per heavy atom. The van der Waals surface area contributed by atoms with Gasteiger partial charge in [-0.3, -0.25) is 14.5 Å². The summed E-state index contributed by atoms with van der Waals surface area (Å²) in [5.74, 6) is 0.158. The molecule has 0 aliphatic carbocycles. The van der Waals surface area contributed by atoms with Crippen LogP contribution in [0.5, 0.6) is 0 Å². The van der Waals surface area contributed by atoms with Gasteiger partial charge in [-0.15, -0.1) is 24.8 Å². The van der Waals surface area contributed by atoms with E-state index in [0.29, 0.717) is 23.6 Å². The van der Waals surface area contributed by atoms with Gasteiger partial charge in [-0.25, -0.2) is 0 Å². The molecule has 0 spiro atoms. The number of nitrogens with zero attached hydrogens (tertiary/aromatic N) is 1. The average molecular weight is 423 g/mol. The van der Waals surface area contributed by atoms with Crippen LogP contribution in [-0.4, -0.2) is 48.7 Å². The molecule has 1 heterocycles. The molecule has 0 aromatic heterocycles. The molecule has 3 rings (SSSR count). The minimum absolute atomic E-state index is 0. The molecule has 1 unspecified atom stereocenters. The second-order valence-corrected chi connectivity index (χ2v) is 6.89. The summed E-state index contributed by atoms with van der Waals surface area (Å²) in [6, 6.07) is 17.9. The molecular weight excluding hydrogens is 395 g/mol. The fourth-order valence-corrected chi connectivity index (χ4v) is 3.47. The van der Waals surface area contributed by atoms with Crippen LogP contribution in [0, 0.1) is 0 Å². The summed E-state index contributed by atoms with van der Waals surface area (Å²) in [5, 5.41) is 3.46. The van der Waals surface area contributed by atoms with Crippen LogP contribution >= 0.6 is 24.8 Å². The molecule has 0 amide bonds. The predicted molar refractivity (Wildman–Crippen MR) is 118 cm³/mol. The number of nitrogens with one attached hydrogen (secondary N) is 1. The molecule has 152 valence electrons. The summed E-state index contributed by atoms with van der Waals surface area (Å²) >= 11 is 0. The minimum atomic E-state index is 0. The minimum Gasteiger partial charge on any atom is -0.314 e. The molecule has 1 atom stereocenters. The van der Waals surface area contributed by atoms with Crippen LogP contribution < -0.4 is 5.32 Å². The summed E-state index contributed by atoms with van der Waals surface area (Å²) < 4.78 is 0. The Morgan fingerprint density at radius 2 is 1.64 bits per heavy atom. The number of piperazine rings is 1. The number of hydrogen-bond donors (Lipinski definition) is 1. The predicted octanol–water partition coefficient (Wildman–Crippen LogP) is 3.82. The van der Waals surface area contributed by atoms with E-state index in [0.717, 1.165) is 32.6 Å². The standard InChI is InChI=1S/C22H26N2O2.2ClH/c1-17(25)19-7-9-20(10-8-19)22(26)11-13-24-14-12-23-16-21(24)15-18-5-3-2-4-6-18;;/h2-10,21,23H,11-16H2,1H3;2*1H. The maximum Gasteiger partial charge on any atom is 0.164 e. The molecule has 0 bridgehead atoms. The number of ketones is 2. The van der Waals surface area contributed by atoms with Crippen molar-refractivity contribution in [3.63, 3.8) is 0 Å². The summed E-state index contributed by atoms with van der Waals surface area (Å²) in [6.07, 6.45) is 1.50. The van der Waals surface area contributed by atoms with Gasteiger partial charge in [0.15, 0.2) is 11.6 Å². The van der Waals surface area contributed by atoms with Gasteiger partial charge in [0.25, 0.3) is 0 Å². The molecule has 0 saturated carbocycles. The van der Waals surface area contributed by atoms with E-state index in [-0.39, 0.29) is 36.4 Å². The highest BCUT2D eigenvalue weighted by Crippen LogP contribution is 2.13. The van der Waals surface area contributed by atoms with Crippen molar-refractivity contribution in [3.05, 3.63) is 71.3 Å². The number of halogens is 2. The second-order valence-electron chi connectivity index (χ2n) is 6.89. The number of rotatable bonds is 7. The first kappa shape index (κ1) is 24.3. The van der Waals surface area contributed by atoms with E-state index in [1.165, 1.54) is 12.5 Å². The lowest BCUT2D eigenvalue weighted by atomic mass is 10.0. The first-order valence-electron chi connectivity index (χ1n) is 9.26. The van der Waals surface area contributed by atoms with Crippen molar-refractivity contribution in [1.29, 1.82) is 0 Å². The van der Waals surface area contributed by atoms with Crippen LogP contribution in [-0.2, 0) is 6.42 Å². The third kappa shape index (κ3) is 6.71. The molecule has 0 radical (unpaired) electrons. The average Bonchev–Trinajstić information content (AvgIpc) is 2.68. The van der Waals surface area contributed by atoms with Crippen molar-refractivity contribution in [2.24, 2.45) is 0 Å². The van der Waals surface area contributed by atoms with Crippen molar-refractivity contribution < 1.29 is 9.59 Å². The quantitative estimate of drug-likeness (QED) is 0.688. The van der Waals surface area contributed by atoms with E-state index in [1.807, 2.05) is 6.07 Å². The second kappa shape index (κ2) is 12.0. The fraction of sp³-hybridized carbons (Fsp3) is 0.364. The van der Waals surface area contributed by atoms with Crippen molar-refractivity contribution in [2.75, 3.05) is 26.2 Å². The molecule has 28 heavy (non-hydrogen) atoms. The smallest absolute Gasteiger partial charge is 0.164 e. The Balaban J connectivity index is 0.00000196. The Morgan fingerprint density at radius 1 is 1.00 bits per heavy atom. The topological polar surface area (TPSA) is 49.4 Å². The van der Waals surface area contributed by atoms with E-state index in [9.17, 15) is 9.59 Å². The molecule has 4 nitrogen and oxygen atoms in total. The van der Waals surface area contributed by atoms with Gasteiger partial charge in [-0.05, 0) is 18.9 Å². The SMILES string of the molecule is CC(=O)c1ccc(C(=O)CCN2CCNCC2Cc2ccccc2)cc1.Cl.Cl. The normalized spacial score (nSPS) is 16.5. The highest BCUT2D eigenvalue weighted by Gasteiger charge is 2.23. The van der Waals surface area contributed by atoms with Crippen LogP contribution in [0.25, 0.3) is 0 Å². The van der Waals surface area contributed by atoms with Gasteiger partial charge >= 0.3 is 0 Å². The number of carbonyl (C=O) groups excluding carboxylic acids is 2. The fourth-order valence-electron chi connectivity index (χ4n) is 3.47. The lowest BCUT2D eigenvalue weighted by Crippen LogP contribution is -2.52. The van der Waals surface area contributed by atoms with Crippen LogP contribution in [0.2, 0.25) is 0 Å². The molecule has 1 aliphatic heterocycles. The van der Waals surface area contributed by atoms with Gasteiger partial charge in [0.2, 0.25) is 0 Å². The zero-order valence-electron chi connectivity index (χ0n) is 16.1. The zero-order chi connectivity index (χ0) is 18.4. The van der Waals surface area contributed by atoms with Crippen molar-refractivity contribution >= 4 is 36.4 Å². The molecule has 1 fully saturated rings. The van der Waals surface area contributed by atoms with E-state index >= 15 is 0 Å². The highest BCUT2D eigenvalue weighted by molar-refractivity contribution is 5.98. The Kier molecular flexibility index (Phi) is 10.4. The van der Waals surface area contributed by atoms with Gasteiger partial charge in [0, 0.05) is 49.8 Å². The van der Waals surface area contributed by atoms with Gasteiger partial charge in [0.05, 0.1) is 0 Å². The highest BCUT2D eigenvalue weighted by atomic mass is 35.5. The summed E-state index contributed by atoms with van der Waals surface area (Å²) in [4.78, 5) is 26.3. The zero-order valence-corrected chi connectivity index (χ0v) is 17.7. The molecule has 2 aromatic carbocycles. The van der Waals surface area contributed by atoms with Crippen LogP contribution in [0.3, 0.4) is 0 Å². The number of carbonyl (C=O) groups is 2. The third-order valence-electron chi connectivity index (χ3n) is 5.03. The lowest BCUT2D eigenvalue weighted by Gasteiger charge is -2.36. The largest absolute Gasteiger partial charge is 0.314 e. The molecular formula is C22H28Cl2N2O2. The Hall–Kier alpha value is -1.72. The Labute approximate surface area is 179 Å². The van der Waals surface area contributed by atoms with Crippen LogP contribution in [0.4, 0.5) is 0 Å².